The van der Waals surface area contributed by atoms with Crippen LogP contribution in [0.25, 0.3) is 0 Å². The van der Waals surface area contributed by atoms with E-state index in [2.05, 4.69) is 15.3 Å². The highest BCUT2D eigenvalue weighted by atomic mass is 19.3. The molecule has 0 amide bonds. The van der Waals surface area contributed by atoms with Crippen molar-refractivity contribution < 1.29 is 22.6 Å². The average Bonchev–Trinajstić information content (AvgIpc) is 2.76. The Bertz CT molecular complexity index is 786. The molecule has 0 unspecified atom stereocenters. The SMILES string of the molecule is Fc1c(N2CCOCC2)cc(Nc2ccc(C(F)F)cn2)nc1N1CCOCC1. The van der Waals surface area contributed by atoms with Crippen LogP contribution in [-0.4, -0.2) is 62.6 Å². The second-order valence-corrected chi connectivity index (χ2v) is 6.77. The van der Waals surface area contributed by atoms with Crippen LogP contribution < -0.4 is 15.1 Å². The van der Waals surface area contributed by atoms with Crippen LogP contribution in [0, 0.1) is 5.82 Å². The van der Waals surface area contributed by atoms with Gasteiger partial charge in [-0.05, 0) is 12.1 Å². The van der Waals surface area contributed by atoms with Crippen LogP contribution in [0.4, 0.5) is 36.3 Å². The van der Waals surface area contributed by atoms with E-state index in [4.69, 9.17) is 9.47 Å². The molecule has 4 rings (SSSR count). The maximum absolute atomic E-state index is 15.3. The molecule has 7 nitrogen and oxygen atoms in total. The van der Waals surface area contributed by atoms with Gasteiger partial charge < -0.3 is 24.6 Å². The monoisotopic (exact) mass is 409 g/mol. The largest absolute Gasteiger partial charge is 0.378 e. The molecule has 0 saturated carbocycles. The fourth-order valence-electron chi connectivity index (χ4n) is 3.33. The van der Waals surface area contributed by atoms with E-state index in [9.17, 15) is 8.78 Å². The number of anilines is 4. The molecule has 4 heterocycles. The van der Waals surface area contributed by atoms with Gasteiger partial charge in [-0.1, -0.05) is 0 Å². The number of nitrogens with one attached hydrogen (secondary N) is 1. The topological polar surface area (TPSA) is 62.8 Å². The summed E-state index contributed by atoms with van der Waals surface area (Å²) < 4.78 is 51.6. The zero-order valence-electron chi connectivity index (χ0n) is 15.8. The summed E-state index contributed by atoms with van der Waals surface area (Å²) in [7, 11) is 0. The minimum atomic E-state index is -2.58. The highest BCUT2D eigenvalue weighted by molar-refractivity contribution is 5.67. The van der Waals surface area contributed by atoms with Gasteiger partial charge >= 0.3 is 0 Å². The highest BCUT2D eigenvalue weighted by Gasteiger charge is 2.24. The van der Waals surface area contributed by atoms with Crippen LogP contribution in [0.5, 0.6) is 0 Å². The smallest absolute Gasteiger partial charge is 0.265 e. The third-order valence-corrected chi connectivity index (χ3v) is 4.88. The van der Waals surface area contributed by atoms with Crippen molar-refractivity contribution in [3.8, 4) is 0 Å². The van der Waals surface area contributed by atoms with Gasteiger partial charge in [0.05, 0.1) is 32.1 Å². The molecule has 2 aliphatic rings. The lowest BCUT2D eigenvalue weighted by molar-refractivity contribution is 0.121. The Labute approximate surface area is 166 Å². The van der Waals surface area contributed by atoms with Gasteiger partial charge in [-0.15, -0.1) is 0 Å². The molecule has 156 valence electrons. The molecule has 0 radical (unpaired) electrons. The third-order valence-electron chi connectivity index (χ3n) is 4.88. The number of morpholine rings is 2. The van der Waals surface area contributed by atoms with Gasteiger partial charge in [-0.2, -0.15) is 0 Å². The molecule has 0 bridgehead atoms. The molecular weight excluding hydrogens is 387 g/mol. The van der Waals surface area contributed by atoms with Crippen molar-refractivity contribution in [3.63, 3.8) is 0 Å². The van der Waals surface area contributed by atoms with Gasteiger partial charge in [-0.3, -0.25) is 0 Å². The number of nitrogens with zero attached hydrogens (tertiary/aromatic N) is 4. The quantitative estimate of drug-likeness (QED) is 0.815. The molecule has 0 atom stereocenters. The zero-order chi connectivity index (χ0) is 20.2. The lowest BCUT2D eigenvalue weighted by atomic mass is 10.2. The Kier molecular flexibility index (Phi) is 6.00. The number of halogens is 3. The predicted octanol–water partition coefficient (Wildman–Crippen LogP) is 2.97. The van der Waals surface area contributed by atoms with Crippen LogP contribution in [0.2, 0.25) is 0 Å². The van der Waals surface area contributed by atoms with E-state index in [-0.39, 0.29) is 17.2 Å². The Balaban J connectivity index is 1.66. The average molecular weight is 409 g/mol. The Hall–Kier alpha value is -2.59. The summed E-state index contributed by atoms with van der Waals surface area (Å²) in [5, 5.41) is 3.01. The normalized spacial score (nSPS) is 17.7. The van der Waals surface area contributed by atoms with E-state index in [0.717, 1.165) is 6.20 Å². The van der Waals surface area contributed by atoms with Crippen molar-refractivity contribution in [2.24, 2.45) is 0 Å². The van der Waals surface area contributed by atoms with Gasteiger partial charge in [-0.25, -0.2) is 23.1 Å². The lowest BCUT2D eigenvalue weighted by Gasteiger charge is -2.32. The van der Waals surface area contributed by atoms with Crippen LogP contribution in [0.3, 0.4) is 0 Å². The van der Waals surface area contributed by atoms with E-state index in [1.165, 1.54) is 12.1 Å². The molecule has 2 aromatic heterocycles. The summed E-state index contributed by atoms with van der Waals surface area (Å²) in [6, 6.07) is 4.37. The molecule has 0 spiro atoms. The first kappa shape index (κ1) is 19.7. The molecule has 0 aromatic carbocycles. The molecule has 29 heavy (non-hydrogen) atoms. The van der Waals surface area contributed by atoms with Gasteiger partial charge in [0.1, 0.15) is 11.6 Å². The summed E-state index contributed by atoms with van der Waals surface area (Å²) in [6.07, 6.45) is -1.47. The van der Waals surface area contributed by atoms with Crippen molar-refractivity contribution in [2.75, 3.05) is 67.7 Å². The number of pyridine rings is 2. The van der Waals surface area contributed by atoms with Crippen LogP contribution in [0.1, 0.15) is 12.0 Å². The number of hydrogen-bond donors (Lipinski definition) is 1. The van der Waals surface area contributed by atoms with Crippen molar-refractivity contribution >= 4 is 23.1 Å². The van der Waals surface area contributed by atoms with Crippen LogP contribution in [0.15, 0.2) is 24.4 Å². The second-order valence-electron chi connectivity index (χ2n) is 6.77. The second kappa shape index (κ2) is 8.83. The highest BCUT2D eigenvalue weighted by Crippen LogP contribution is 2.32. The summed E-state index contributed by atoms with van der Waals surface area (Å²) in [6.45, 7) is 4.27. The minimum absolute atomic E-state index is 0.161. The molecular formula is C19H22F3N5O2. The first-order valence-corrected chi connectivity index (χ1v) is 9.49. The number of rotatable bonds is 5. The first-order valence-electron chi connectivity index (χ1n) is 9.49. The fourth-order valence-corrected chi connectivity index (χ4v) is 3.33. The van der Waals surface area contributed by atoms with Crippen molar-refractivity contribution in [1.82, 2.24) is 9.97 Å². The molecule has 1 N–H and O–H groups in total. The third kappa shape index (κ3) is 4.54. The molecule has 2 aliphatic heterocycles. The maximum Gasteiger partial charge on any atom is 0.265 e. The standard InChI is InChI=1S/C19H22F3N5O2/c20-17-14(26-3-7-28-8-4-26)11-16(25-19(17)27-5-9-29-10-6-27)24-15-2-1-13(12-23-15)18(21)22/h1-2,11-12,18H,3-10H2,(H,23,24,25). The zero-order valence-corrected chi connectivity index (χ0v) is 15.8. The number of alkyl halides is 2. The molecule has 2 fully saturated rings. The summed E-state index contributed by atoms with van der Waals surface area (Å²) in [5.74, 6) is 0.602. The molecule has 2 saturated heterocycles. The minimum Gasteiger partial charge on any atom is -0.378 e. The maximum atomic E-state index is 15.3. The molecule has 2 aromatic rings. The van der Waals surface area contributed by atoms with Gasteiger partial charge in [0.15, 0.2) is 11.6 Å². The predicted molar refractivity (Wildman–Crippen MR) is 103 cm³/mol. The molecule has 0 aliphatic carbocycles. The number of aromatic nitrogens is 2. The van der Waals surface area contributed by atoms with Gasteiger partial charge in [0.25, 0.3) is 6.43 Å². The number of ether oxygens (including phenoxy) is 2. The van der Waals surface area contributed by atoms with E-state index >= 15 is 4.39 Å². The lowest BCUT2D eigenvalue weighted by Crippen LogP contribution is -2.39. The van der Waals surface area contributed by atoms with E-state index in [0.29, 0.717) is 69.9 Å². The van der Waals surface area contributed by atoms with Crippen LogP contribution in [-0.2, 0) is 9.47 Å². The van der Waals surface area contributed by atoms with E-state index in [1.807, 2.05) is 9.80 Å². The Morgan fingerprint density at radius 2 is 1.59 bits per heavy atom. The fraction of sp³-hybridized carbons (Fsp3) is 0.474. The Morgan fingerprint density at radius 3 is 2.17 bits per heavy atom. The van der Waals surface area contributed by atoms with Crippen molar-refractivity contribution in [2.45, 2.75) is 6.43 Å². The van der Waals surface area contributed by atoms with E-state index in [1.54, 1.807) is 6.07 Å². The first-order chi connectivity index (χ1) is 14.1. The summed E-state index contributed by atoms with van der Waals surface area (Å²) in [4.78, 5) is 12.2. The van der Waals surface area contributed by atoms with Crippen molar-refractivity contribution in [3.05, 3.63) is 35.8 Å². The number of hydrogen-bond acceptors (Lipinski definition) is 7. The summed E-state index contributed by atoms with van der Waals surface area (Å²) >= 11 is 0. The van der Waals surface area contributed by atoms with Crippen molar-refractivity contribution in [1.29, 1.82) is 0 Å². The van der Waals surface area contributed by atoms with Gasteiger partial charge in [0.2, 0.25) is 0 Å². The van der Waals surface area contributed by atoms with Crippen LogP contribution >= 0.6 is 0 Å². The summed E-state index contributed by atoms with van der Waals surface area (Å²) in [5.41, 5.74) is 0.266. The van der Waals surface area contributed by atoms with Gasteiger partial charge in [0, 0.05) is 44.0 Å². The Morgan fingerprint density at radius 1 is 0.931 bits per heavy atom. The van der Waals surface area contributed by atoms with E-state index < -0.39 is 6.43 Å². The molecule has 10 heteroatoms.